The van der Waals surface area contributed by atoms with Crippen LogP contribution in [0.5, 0.6) is 5.75 Å². The van der Waals surface area contributed by atoms with Crippen LogP contribution >= 0.6 is 0 Å². The molecule has 3 N–H and O–H groups in total. The van der Waals surface area contributed by atoms with Gasteiger partial charge in [-0.05, 0) is 43.0 Å². The van der Waals surface area contributed by atoms with Crippen molar-refractivity contribution in [2.24, 2.45) is 18.7 Å². The zero-order chi connectivity index (χ0) is 26.4. The van der Waals surface area contributed by atoms with E-state index in [9.17, 15) is 14.7 Å². The van der Waals surface area contributed by atoms with Gasteiger partial charge in [-0.1, -0.05) is 25.5 Å². The Bertz CT molecular complexity index is 1060. The molecule has 1 aromatic carbocycles. The summed E-state index contributed by atoms with van der Waals surface area (Å²) < 4.78 is 7.64. The van der Waals surface area contributed by atoms with Gasteiger partial charge in [0.25, 0.3) is 0 Å². The fraction of sp³-hybridized carbons (Fsp3) is 0.607. The molecule has 202 valence electrons. The summed E-state index contributed by atoms with van der Waals surface area (Å²) in [4.78, 5) is 34.7. The van der Waals surface area contributed by atoms with Crippen molar-refractivity contribution in [2.75, 3.05) is 39.3 Å². The number of hydrogen-bond acceptors (Lipinski definition) is 6. The van der Waals surface area contributed by atoms with E-state index in [1.165, 1.54) is 0 Å². The Labute approximate surface area is 219 Å². The van der Waals surface area contributed by atoms with Crippen molar-refractivity contribution in [1.82, 2.24) is 19.4 Å². The maximum absolute atomic E-state index is 13.5. The van der Waals surface area contributed by atoms with Crippen LogP contribution < -0.4 is 10.5 Å². The largest absolute Gasteiger partial charge is 0.493 e. The lowest BCUT2D eigenvalue weighted by atomic mass is 9.83. The van der Waals surface area contributed by atoms with Crippen LogP contribution in [0.3, 0.4) is 0 Å². The van der Waals surface area contributed by atoms with E-state index in [4.69, 9.17) is 10.5 Å². The number of nitrogens with two attached hydrogens (primary N) is 1. The van der Waals surface area contributed by atoms with E-state index < -0.39 is 11.9 Å². The maximum atomic E-state index is 13.5. The molecule has 3 atom stereocenters. The Morgan fingerprint density at radius 3 is 2.78 bits per heavy atom. The molecule has 4 rings (SSSR count). The number of unbranched alkanes of at least 4 members (excludes halogenated alkanes) is 1. The molecule has 3 heterocycles. The molecule has 1 amide bonds. The fourth-order valence-corrected chi connectivity index (χ4v) is 5.81. The molecule has 1 fully saturated rings. The molecule has 0 radical (unpaired) electrons. The Morgan fingerprint density at radius 2 is 2.08 bits per heavy atom. The number of aromatic nitrogens is 2. The molecule has 9 heteroatoms. The van der Waals surface area contributed by atoms with Crippen LogP contribution in [0.2, 0.25) is 0 Å². The summed E-state index contributed by atoms with van der Waals surface area (Å²) in [5, 5.41) is 10.4. The minimum atomic E-state index is -0.812. The van der Waals surface area contributed by atoms with Gasteiger partial charge < -0.3 is 25.0 Å². The molecule has 37 heavy (non-hydrogen) atoms. The lowest BCUT2D eigenvalue weighted by Gasteiger charge is -2.29. The second-order valence-corrected chi connectivity index (χ2v) is 10.3. The highest BCUT2D eigenvalue weighted by atomic mass is 16.5. The minimum Gasteiger partial charge on any atom is -0.493 e. The number of imidazole rings is 1. The average molecular weight is 512 g/mol. The van der Waals surface area contributed by atoms with Crippen LogP contribution in [0.1, 0.15) is 55.5 Å². The summed E-state index contributed by atoms with van der Waals surface area (Å²) in [6.07, 6.45) is 8.49. The van der Waals surface area contributed by atoms with Crippen molar-refractivity contribution in [3.05, 3.63) is 47.5 Å². The molecule has 0 aliphatic carbocycles. The predicted molar refractivity (Wildman–Crippen MR) is 142 cm³/mol. The quantitative estimate of drug-likeness (QED) is 0.425. The van der Waals surface area contributed by atoms with E-state index in [0.29, 0.717) is 45.6 Å². The standard InChI is InChI=1S/C28H41N5O4/c1-3-4-13-32(14-5-11-29)26(34)19-33-18-22(20-6-8-24-21(17-20)10-16-37-24)27(28(35)36)23(33)7-9-25-30-12-15-31(25)2/h6,8,12,15,17,22-23,27H,3-5,7,9-11,13-14,16,18-19,29H2,1-2H3,(H,35,36)/t22-,23+,27?/m1/s1. The summed E-state index contributed by atoms with van der Waals surface area (Å²) in [6, 6.07) is 5.81. The molecular weight excluding hydrogens is 470 g/mol. The predicted octanol–water partition coefficient (Wildman–Crippen LogP) is 2.43. The third-order valence-electron chi connectivity index (χ3n) is 7.86. The van der Waals surface area contributed by atoms with Crippen LogP contribution in [0.4, 0.5) is 0 Å². The minimum absolute atomic E-state index is 0.0519. The number of fused-ring (bicyclic) bond motifs is 1. The maximum Gasteiger partial charge on any atom is 0.308 e. The highest BCUT2D eigenvalue weighted by Crippen LogP contribution is 2.41. The van der Waals surface area contributed by atoms with Crippen LogP contribution in [0.15, 0.2) is 30.6 Å². The second kappa shape index (κ2) is 12.6. The Kier molecular flexibility index (Phi) is 9.21. The number of rotatable bonds is 13. The van der Waals surface area contributed by atoms with Gasteiger partial charge in [-0.15, -0.1) is 0 Å². The topological polar surface area (TPSA) is 114 Å². The van der Waals surface area contributed by atoms with E-state index in [1.54, 1.807) is 6.20 Å². The lowest BCUT2D eigenvalue weighted by molar-refractivity contribution is -0.143. The summed E-state index contributed by atoms with van der Waals surface area (Å²) in [6.45, 7) is 5.41. The number of carbonyl (C=O) groups excluding carboxylic acids is 1. The number of aryl methyl sites for hydroxylation is 2. The molecular formula is C28H41N5O4. The van der Waals surface area contributed by atoms with Gasteiger partial charge in [-0.2, -0.15) is 0 Å². The van der Waals surface area contributed by atoms with Gasteiger partial charge in [0.2, 0.25) is 5.91 Å². The number of carbonyl (C=O) groups is 2. The van der Waals surface area contributed by atoms with Crippen molar-refractivity contribution >= 4 is 11.9 Å². The third-order valence-corrected chi connectivity index (χ3v) is 7.86. The van der Waals surface area contributed by atoms with E-state index in [2.05, 4.69) is 22.9 Å². The summed E-state index contributed by atoms with van der Waals surface area (Å²) in [5.41, 5.74) is 7.88. The van der Waals surface area contributed by atoms with Crippen molar-refractivity contribution in [3.8, 4) is 5.75 Å². The molecule has 0 saturated carbocycles. The molecule has 2 aromatic rings. The molecule has 0 spiro atoms. The van der Waals surface area contributed by atoms with Crippen LogP contribution in [-0.4, -0.2) is 81.7 Å². The first-order valence-electron chi connectivity index (χ1n) is 13.6. The second-order valence-electron chi connectivity index (χ2n) is 10.3. The van der Waals surface area contributed by atoms with Crippen molar-refractivity contribution < 1.29 is 19.4 Å². The van der Waals surface area contributed by atoms with E-state index in [1.807, 2.05) is 34.8 Å². The number of carboxylic acids is 1. The molecule has 2 aliphatic heterocycles. The molecule has 1 saturated heterocycles. The van der Waals surface area contributed by atoms with Crippen LogP contribution in [0, 0.1) is 5.92 Å². The average Bonchev–Trinajstić information content (AvgIpc) is 3.60. The van der Waals surface area contributed by atoms with Crippen molar-refractivity contribution in [3.63, 3.8) is 0 Å². The van der Waals surface area contributed by atoms with Gasteiger partial charge in [0.1, 0.15) is 11.6 Å². The van der Waals surface area contributed by atoms with E-state index in [0.717, 1.165) is 48.4 Å². The number of carboxylic acid groups (broad SMARTS) is 1. The Balaban J connectivity index is 1.59. The fourth-order valence-electron chi connectivity index (χ4n) is 5.81. The molecule has 9 nitrogen and oxygen atoms in total. The van der Waals surface area contributed by atoms with E-state index in [-0.39, 0.29) is 24.4 Å². The molecule has 1 unspecified atom stereocenters. The Hall–Kier alpha value is -2.91. The number of nitrogens with zero attached hydrogens (tertiary/aromatic N) is 4. The third kappa shape index (κ3) is 6.33. The number of ether oxygens (including phenoxy) is 1. The van der Waals surface area contributed by atoms with Crippen LogP contribution in [-0.2, 0) is 29.5 Å². The summed E-state index contributed by atoms with van der Waals surface area (Å²) in [7, 11) is 1.95. The van der Waals surface area contributed by atoms with Crippen molar-refractivity contribution in [2.45, 2.75) is 57.4 Å². The highest BCUT2D eigenvalue weighted by Gasteiger charge is 2.47. The summed E-state index contributed by atoms with van der Waals surface area (Å²) >= 11 is 0. The number of likely N-dealkylation sites (tertiary alicyclic amines) is 1. The van der Waals surface area contributed by atoms with Crippen molar-refractivity contribution in [1.29, 1.82) is 0 Å². The first kappa shape index (κ1) is 27.1. The number of aliphatic carboxylic acids is 1. The Morgan fingerprint density at radius 1 is 1.27 bits per heavy atom. The smallest absolute Gasteiger partial charge is 0.308 e. The van der Waals surface area contributed by atoms with Crippen LogP contribution in [0.25, 0.3) is 0 Å². The lowest BCUT2D eigenvalue weighted by Crippen LogP contribution is -2.45. The first-order valence-corrected chi connectivity index (χ1v) is 13.6. The summed E-state index contributed by atoms with van der Waals surface area (Å²) in [5.74, 6) is 0.236. The molecule has 1 aromatic heterocycles. The molecule has 0 bridgehead atoms. The van der Waals surface area contributed by atoms with Gasteiger partial charge in [0.15, 0.2) is 0 Å². The number of amides is 1. The SMILES string of the molecule is CCCCN(CCCN)C(=O)CN1C[C@H](c2ccc3c(c2)CCO3)C(C(=O)O)[C@@H]1CCc1nccn1C. The van der Waals surface area contributed by atoms with Gasteiger partial charge in [0, 0.05) is 63.9 Å². The van der Waals surface area contributed by atoms with Gasteiger partial charge in [-0.3, -0.25) is 14.5 Å². The van der Waals surface area contributed by atoms with Gasteiger partial charge in [0.05, 0.1) is 19.1 Å². The van der Waals surface area contributed by atoms with Gasteiger partial charge in [-0.25, -0.2) is 4.98 Å². The zero-order valence-electron chi connectivity index (χ0n) is 22.1. The number of benzene rings is 1. The zero-order valence-corrected chi connectivity index (χ0v) is 22.1. The highest BCUT2D eigenvalue weighted by molar-refractivity contribution is 5.79. The van der Waals surface area contributed by atoms with Gasteiger partial charge >= 0.3 is 5.97 Å². The number of hydrogen-bond donors (Lipinski definition) is 2. The monoisotopic (exact) mass is 511 g/mol. The normalized spacial score (nSPS) is 21.1. The molecule has 2 aliphatic rings. The first-order chi connectivity index (χ1) is 17.9. The van der Waals surface area contributed by atoms with E-state index >= 15 is 0 Å².